The van der Waals surface area contributed by atoms with Gasteiger partial charge >= 0.3 is 16.1 Å². The molecule has 142 valence electrons. The van der Waals surface area contributed by atoms with Crippen LogP contribution in [0.3, 0.4) is 0 Å². The van der Waals surface area contributed by atoms with Gasteiger partial charge in [0.25, 0.3) is 0 Å². The number of hydrogen-bond donors (Lipinski definition) is 1. The molecule has 7 nitrogen and oxygen atoms in total. The number of carbonyl (C=O) groups is 1. The fourth-order valence-electron chi connectivity index (χ4n) is 2.21. The van der Waals surface area contributed by atoms with Gasteiger partial charge in [-0.1, -0.05) is 11.6 Å². The molecule has 1 aromatic carbocycles. The molecule has 0 saturated heterocycles. The Balaban J connectivity index is 2.31. The number of hydrogen-bond acceptors (Lipinski definition) is 5. The van der Waals surface area contributed by atoms with E-state index >= 15 is 0 Å². The van der Waals surface area contributed by atoms with E-state index in [0.717, 1.165) is 0 Å². The van der Waals surface area contributed by atoms with E-state index in [1.165, 1.54) is 30.2 Å². The van der Waals surface area contributed by atoms with Gasteiger partial charge in [-0.05, 0) is 44.2 Å². The number of amides is 2. The summed E-state index contributed by atoms with van der Waals surface area (Å²) in [6.07, 6.45) is 1.52. The molecule has 0 saturated carbocycles. The molecule has 0 unspecified atom stereocenters. The molecule has 9 heteroatoms. The van der Waals surface area contributed by atoms with Gasteiger partial charge in [0.05, 0.1) is 25.1 Å². The third-order valence-electron chi connectivity index (χ3n) is 3.50. The van der Waals surface area contributed by atoms with Crippen LogP contribution in [0.4, 0.5) is 4.79 Å². The Morgan fingerprint density at radius 2 is 2.04 bits per heavy atom. The highest BCUT2D eigenvalue weighted by atomic mass is 35.5. The Bertz CT molecular complexity index is 837. The summed E-state index contributed by atoms with van der Waals surface area (Å²) in [7, 11) is -3.70. The van der Waals surface area contributed by atoms with E-state index in [4.69, 9.17) is 20.2 Å². The molecule has 1 N–H and O–H groups in total. The molecule has 0 bridgehead atoms. The fourth-order valence-corrected chi connectivity index (χ4v) is 2.96. The molecule has 0 fully saturated rings. The molecular formula is C17H21ClN2O5S. The molecule has 1 heterocycles. The molecule has 2 amide bonds. The Kier molecular flexibility index (Phi) is 6.93. The van der Waals surface area contributed by atoms with E-state index in [1.54, 1.807) is 18.2 Å². The summed E-state index contributed by atoms with van der Waals surface area (Å²) in [5.74, 6) is 0.577. The quantitative estimate of drug-likeness (QED) is 0.686. The number of urea groups is 1. The van der Waals surface area contributed by atoms with E-state index in [2.05, 4.69) is 5.32 Å². The first-order valence-corrected chi connectivity index (χ1v) is 10.1. The van der Waals surface area contributed by atoms with E-state index in [0.29, 0.717) is 22.9 Å². The second-order valence-electron chi connectivity index (χ2n) is 5.45. The van der Waals surface area contributed by atoms with Crippen molar-refractivity contribution in [3.05, 3.63) is 52.9 Å². The standard InChI is InChI=1S/C17H21ClN2O5S/c1-3-19-17(21)20(12-15-6-5-9-24-15)11-13-10-14(18)7-8-16(13)25-26(22,23)4-2/h5-10H,3-4,11-12H2,1-2H3,(H,19,21). The highest BCUT2D eigenvalue weighted by molar-refractivity contribution is 7.87. The Morgan fingerprint density at radius 3 is 2.65 bits per heavy atom. The van der Waals surface area contributed by atoms with Crippen molar-refractivity contribution in [1.82, 2.24) is 10.2 Å². The summed E-state index contributed by atoms with van der Waals surface area (Å²) in [6.45, 7) is 4.07. The summed E-state index contributed by atoms with van der Waals surface area (Å²) >= 11 is 6.05. The van der Waals surface area contributed by atoms with Crippen LogP contribution in [0.25, 0.3) is 0 Å². The smallest absolute Gasteiger partial charge is 0.318 e. The van der Waals surface area contributed by atoms with E-state index in [1.807, 2.05) is 6.92 Å². The van der Waals surface area contributed by atoms with Crippen LogP contribution in [-0.4, -0.2) is 31.6 Å². The van der Waals surface area contributed by atoms with E-state index in [9.17, 15) is 13.2 Å². The van der Waals surface area contributed by atoms with Gasteiger partial charge < -0.3 is 18.8 Å². The second-order valence-corrected chi connectivity index (χ2v) is 7.75. The van der Waals surface area contributed by atoms with Crippen molar-refractivity contribution in [3.8, 4) is 5.75 Å². The minimum atomic E-state index is -3.70. The molecule has 0 atom stereocenters. The molecule has 1 aromatic heterocycles. The lowest BCUT2D eigenvalue weighted by Crippen LogP contribution is -2.39. The predicted molar refractivity (Wildman–Crippen MR) is 98.6 cm³/mol. The largest absolute Gasteiger partial charge is 0.467 e. The fraction of sp³-hybridized carbons (Fsp3) is 0.353. The first kappa shape index (κ1) is 20.1. The van der Waals surface area contributed by atoms with Crippen molar-refractivity contribution in [2.45, 2.75) is 26.9 Å². The number of nitrogens with zero attached hydrogens (tertiary/aromatic N) is 1. The van der Waals surface area contributed by atoms with Crippen molar-refractivity contribution in [3.63, 3.8) is 0 Å². The highest BCUT2D eigenvalue weighted by Gasteiger charge is 2.20. The number of carbonyl (C=O) groups excluding carboxylic acids is 1. The number of nitrogens with one attached hydrogen (secondary N) is 1. The van der Waals surface area contributed by atoms with Crippen LogP contribution < -0.4 is 9.50 Å². The van der Waals surface area contributed by atoms with Gasteiger partial charge in [-0.15, -0.1) is 0 Å². The minimum Gasteiger partial charge on any atom is -0.467 e. The number of rotatable bonds is 8. The zero-order chi connectivity index (χ0) is 19.2. The summed E-state index contributed by atoms with van der Waals surface area (Å²) in [6, 6.07) is 7.77. The molecule has 0 radical (unpaired) electrons. The molecule has 2 rings (SSSR count). The lowest BCUT2D eigenvalue weighted by Gasteiger charge is -2.23. The zero-order valence-electron chi connectivity index (χ0n) is 14.6. The monoisotopic (exact) mass is 400 g/mol. The van der Waals surface area contributed by atoms with Gasteiger partial charge in [0.1, 0.15) is 11.5 Å². The Hall–Kier alpha value is -2.19. The number of benzene rings is 1. The Labute approximate surface area is 158 Å². The van der Waals surface area contributed by atoms with Gasteiger partial charge in [-0.25, -0.2) is 4.79 Å². The van der Waals surface area contributed by atoms with Gasteiger partial charge in [-0.2, -0.15) is 8.42 Å². The van der Waals surface area contributed by atoms with Crippen LogP contribution in [0.1, 0.15) is 25.2 Å². The molecule has 2 aromatic rings. The van der Waals surface area contributed by atoms with Crippen molar-refractivity contribution < 1.29 is 21.8 Å². The molecule has 0 aliphatic heterocycles. The molecule has 0 aliphatic carbocycles. The molecular weight excluding hydrogens is 380 g/mol. The number of halogens is 1. The van der Waals surface area contributed by atoms with Crippen LogP contribution in [0.5, 0.6) is 5.75 Å². The van der Waals surface area contributed by atoms with Gasteiger partial charge in [-0.3, -0.25) is 0 Å². The average Bonchev–Trinajstić information content (AvgIpc) is 3.10. The van der Waals surface area contributed by atoms with Crippen molar-refractivity contribution >= 4 is 27.8 Å². The maximum absolute atomic E-state index is 12.4. The maximum atomic E-state index is 12.4. The van der Waals surface area contributed by atoms with Crippen LogP contribution >= 0.6 is 11.6 Å². The van der Waals surface area contributed by atoms with Crippen LogP contribution in [0.2, 0.25) is 5.02 Å². The summed E-state index contributed by atoms with van der Waals surface area (Å²) in [4.78, 5) is 13.9. The van der Waals surface area contributed by atoms with E-state index in [-0.39, 0.29) is 30.6 Å². The van der Waals surface area contributed by atoms with Crippen molar-refractivity contribution in [2.75, 3.05) is 12.3 Å². The zero-order valence-corrected chi connectivity index (χ0v) is 16.1. The lowest BCUT2D eigenvalue weighted by molar-refractivity contribution is 0.187. The van der Waals surface area contributed by atoms with Crippen LogP contribution in [0, 0.1) is 0 Å². The third-order valence-corrected chi connectivity index (χ3v) is 4.87. The number of furan rings is 1. The lowest BCUT2D eigenvalue weighted by atomic mass is 10.2. The summed E-state index contributed by atoms with van der Waals surface area (Å²) in [5.41, 5.74) is 0.479. The Morgan fingerprint density at radius 1 is 1.27 bits per heavy atom. The topological polar surface area (TPSA) is 88.8 Å². The first-order chi connectivity index (χ1) is 12.3. The predicted octanol–water partition coefficient (Wildman–Crippen LogP) is 3.39. The molecule has 0 spiro atoms. The minimum absolute atomic E-state index is 0.0989. The third kappa shape index (κ3) is 5.67. The molecule has 0 aliphatic rings. The van der Waals surface area contributed by atoms with Crippen LogP contribution in [-0.2, 0) is 23.2 Å². The first-order valence-electron chi connectivity index (χ1n) is 8.10. The van der Waals surface area contributed by atoms with Gasteiger partial charge in [0, 0.05) is 17.1 Å². The van der Waals surface area contributed by atoms with Crippen molar-refractivity contribution in [1.29, 1.82) is 0 Å². The van der Waals surface area contributed by atoms with E-state index < -0.39 is 10.1 Å². The average molecular weight is 401 g/mol. The highest BCUT2D eigenvalue weighted by Crippen LogP contribution is 2.26. The van der Waals surface area contributed by atoms with Crippen molar-refractivity contribution in [2.24, 2.45) is 0 Å². The van der Waals surface area contributed by atoms with Gasteiger partial charge in [0.15, 0.2) is 0 Å². The van der Waals surface area contributed by atoms with Crippen LogP contribution in [0.15, 0.2) is 41.0 Å². The maximum Gasteiger partial charge on any atom is 0.318 e. The summed E-state index contributed by atoms with van der Waals surface area (Å²) in [5, 5.41) is 3.14. The van der Waals surface area contributed by atoms with Gasteiger partial charge in [0.2, 0.25) is 0 Å². The summed E-state index contributed by atoms with van der Waals surface area (Å²) < 4.78 is 34.1. The molecule has 26 heavy (non-hydrogen) atoms. The second kappa shape index (κ2) is 8.95. The SMILES string of the molecule is CCNC(=O)N(Cc1ccco1)Cc1cc(Cl)ccc1OS(=O)(=O)CC. The normalized spacial score (nSPS) is 11.2.